The van der Waals surface area contributed by atoms with Gasteiger partial charge in [0.25, 0.3) is 11.8 Å². The summed E-state index contributed by atoms with van der Waals surface area (Å²) in [5, 5.41) is 0. The zero-order valence-corrected chi connectivity index (χ0v) is 19.2. The molecule has 168 valence electrons. The van der Waals surface area contributed by atoms with Crippen LogP contribution in [0.25, 0.3) is 5.57 Å². The lowest BCUT2D eigenvalue weighted by molar-refractivity contribution is -0.120. The van der Waals surface area contributed by atoms with Gasteiger partial charge in [-0.2, -0.15) is 0 Å². The summed E-state index contributed by atoms with van der Waals surface area (Å²) in [5.41, 5.74) is 4.28. The number of likely N-dealkylation sites (N-methyl/N-ethyl adjacent to an activating group) is 1. The molecule has 1 heterocycles. The fraction of sp³-hybridized carbons (Fsp3) is 0.214. The number of carbonyl (C=O) groups is 2. The zero-order chi connectivity index (χ0) is 23.4. The summed E-state index contributed by atoms with van der Waals surface area (Å²) in [4.78, 5) is 30.4. The standard InChI is InChI=1S/C28H28N2O3/c1-4-20-11-15-23(16-12-20)30-27(31)25(22-13-17-24(18-14-22)33-5-2)26(28(30)32)29(3)19-21-9-7-6-8-10-21/h6-18H,4-5,19H2,1-3H3. The average molecular weight is 441 g/mol. The third kappa shape index (κ3) is 4.53. The minimum Gasteiger partial charge on any atom is -0.494 e. The second kappa shape index (κ2) is 9.74. The van der Waals surface area contributed by atoms with Crippen LogP contribution in [0.2, 0.25) is 0 Å². The van der Waals surface area contributed by atoms with Crippen LogP contribution < -0.4 is 9.64 Å². The molecule has 2 amide bonds. The molecule has 0 atom stereocenters. The highest BCUT2D eigenvalue weighted by atomic mass is 16.5. The van der Waals surface area contributed by atoms with Gasteiger partial charge in [0.05, 0.1) is 17.9 Å². The molecule has 1 aliphatic rings. The highest BCUT2D eigenvalue weighted by Crippen LogP contribution is 2.35. The Balaban J connectivity index is 1.76. The maximum Gasteiger partial charge on any atom is 0.282 e. The number of ether oxygens (including phenoxy) is 1. The highest BCUT2D eigenvalue weighted by molar-refractivity contribution is 6.45. The number of carbonyl (C=O) groups excluding carboxylic acids is 2. The molecule has 0 saturated carbocycles. The van der Waals surface area contributed by atoms with Crippen molar-refractivity contribution in [3.05, 3.63) is 101 Å². The summed E-state index contributed by atoms with van der Waals surface area (Å²) in [6, 6.07) is 24.8. The first-order valence-corrected chi connectivity index (χ1v) is 11.2. The van der Waals surface area contributed by atoms with Gasteiger partial charge in [-0.15, -0.1) is 0 Å². The first-order valence-electron chi connectivity index (χ1n) is 11.2. The van der Waals surface area contributed by atoms with Gasteiger partial charge < -0.3 is 9.64 Å². The van der Waals surface area contributed by atoms with E-state index < -0.39 is 0 Å². The molecule has 0 spiro atoms. The van der Waals surface area contributed by atoms with E-state index in [4.69, 9.17) is 4.74 Å². The summed E-state index contributed by atoms with van der Waals surface area (Å²) in [6.07, 6.45) is 0.892. The van der Waals surface area contributed by atoms with E-state index in [1.165, 1.54) is 4.90 Å². The number of rotatable bonds is 8. The van der Waals surface area contributed by atoms with E-state index in [2.05, 4.69) is 6.92 Å². The first kappa shape index (κ1) is 22.3. The highest BCUT2D eigenvalue weighted by Gasteiger charge is 2.41. The second-order valence-electron chi connectivity index (χ2n) is 7.99. The lowest BCUT2D eigenvalue weighted by Gasteiger charge is -2.21. The van der Waals surface area contributed by atoms with E-state index in [0.29, 0.717) is 35.7 Å². The van der Waals surface area contributed by atoms with Crippen LogP contribution in [0.4, 0.5) is 5.69 Å². The molecule has 0 unspecified atom stereocenters. The molecule has 3 aromatic carbocycles. The van der Waals surface area contributed by atoms with Crippen LogP contribution in [-0.2, 0) is 22.6 Å². The van der Waals surface area contributed by atoms with E-state index in [1.54, 1.807) is 0 Å². The predicted molar refractivity (Wildman–Crippen MR) is 131 cm³/mol. The Hall–Kier alpha value is -3.86. The fourth-order valence-electron chi connectivity index (χ4n) is 4.07. The third-order valence-electron chi connectivity index (χ3n) is 5.76. The lowest BCUT2D eigenvalue weighted by Crippen LogP contribution is -2.34. The van der Waals surface area contributed by atoms with Crippen LogP contribution in [0, 0.1) is 0 Å². The van der Waals surface area contributed by atoms with Crippen molar-refractivity contribution in [3.63, 3.8) is 0 Å². The number of hydrogen-bond donors (Lipinski definition) is 0. The van der Waals surface area contributed by atoms with Crippen molar-refractivity contribution in [1.29, 1.82) is 0 Å². The minimum absolute atomic E-state index is 0.313. The Morgan fingerprint density at radius 2 is 1.45 bits per heavy atom. The maximum absolute atomic E-state index is 13.6. The van der Waals surface area contributed by atoms with Crippen molar-refractivity contribution in [2.45, 2.75) is 26.8 Å². The molecule has 3 aromatic rings. The van der Waals surface area contributed by atoms with E-state index >= 15 is 0 Å². The topological polar surface area (TPSA) is 49.9 Å². The molecular formula is C28H28N2O3. The molecule has 5 nitrogen and oxygen atoms in total. The smallest absolute Gasteiger partial charge is 0.282 e. The van der Waals surface area contributed by atoms with Crippen LogP contribution in [0.3, 0.4) is 0 Å². The molecule has 5 heteroatoms. The van der Waals surface area contributed by atoms with Gasteiger partial charge in [0.15, 0.2) is 0 Å². The number of imide groups is 1. The zero-order valence-electron chi connectivity index (χ0n) is 19.2. The number of hydrogen-bond acceptors (Lipinski definition) is 4. The molecule has 0 N–H and O–H groups in total. The molecule has 0 saturated heterocycles. The van der Waals surface area contributed by atoms with Gasteiger partial charge in [0.2, 0.25) is 0 Å². The largest absolute Gasteiger partial charge is 0.494 e. The molecule has 0 fully saturated rings. The number of aryl methyl sites for hydroxylation is 1. The van der Waals surface area contributed by atoms with Crippen LogP contribution in [0.15, 0.2) is 84.6 Å². The van der Waals surface area contributed by atoms with Gasteiger partial charge >= 0.3 is 0 Å². The monoisotopic (exact) mass is 440 g/mol. The number of benzene rings is 3. The maximum atomic E-state index is 13.6. The van der Waals surface area contributed by atoms with Crippen molar-refractivity contribution < 1.29 is 14.3 Å². The van der Waals surface area contributed by atoms with E-state index in [0.717, 1.165) is 23.3 Å². The first-order chi connectivity index (χ1) is 16.0. The van der Waals surface area contributed by atoms with Gasteiger partial charge in [-0.25, -0.2) is 4.90 Å². The number of nitrogens with zero attached hydrogens (tertiary/aromatic N) is 2. The third-order valence-corrected chi connectivity index (χ3v) is 5.76. The van der Waals surface area contributed by atoms with E-state index in [-0.39, 0.29) is 11.8 Å². The average Bonchev–Trinajstić information content (AvgIpc) is 3.10. The Bertz CT molecular complexity index is 1170. The quantitative estimate of drug-likeness (QED) is 0.459. The van der Waals surface area contributed by atoms with Gasteiger partial charge in [-0.1, -0.05) is 61.5 Å². The van der Waals surface area contributed by atoms with Crippen molar-refractivity contribution in [2.24, 2.45) is 0 Å². The van der Waals surface area contributed by atoms with Crippen molar-refractivity contribution in [1.82, 2.24) is 4.90 Å². The van der Waals surface area contributed by atoms with Crippen molar-refractivity contribution in [3.8, 4) is 5.75 Å². The molecule has 0 radical (unpaired) electrons. The predicted octanol–water partition coefficient (Wildman–Crippen LogP) is 5.06. The van der Waals surface area contributed by atoms with Crippen molar-refractivity contribution in [2.75, 3.05) is 18.6 Å². The van der Waals surface area contributed by atoms with Crippen LogP contribution in [0.5, 0.6) is 5.75 Å². The van der Waals surface area contributed by atoms with Crippen LogP contribution in [0.1, 0.15) is 30.5 Å². The summed E-state index contributed by atoms with van der Waals surface area (Å²) < 4.78 is 5.55. The molecular weight excluding hydrogens is 412 g/mol. The van der Waals surface area contributed by atoms with Gasteiger partial charge in [-0.05, 0) is 54.3 Å². The summed E-state index contributed by atoms with van der Waals surface area (Å²) in [7, 11) is 1.85. The van der Waals surface area contributed by atoms with E-state index in [1.807, 2.05) is 97.7 Å². The Morgan fingerprint density at radius 3 is 2.06 bits per heavy atom. The molecule has 0 bridgehead atoms. The lowest BCUT2D eigenvalue weighted by atomic mass is 10.0. The SMILES string of the molecule is CCOc1ccc(C2=C(N(C)Cc3ccccc3)C(=O)N(c3ccc(CC)cc3)C2=O)cc1. The summed E-state index contributed by atoms with van der Waals surface area (Å²) >= 11 is 0. The molecule has 0 aliphatic carbocycles. The van der Waals surface area contributed by atoms with Crippen molar-refractivity contribution >= 4 is 23.1 Å². The molecule has 4 rings (SSSR count). The van der Waals surface area contributed by atoms with Gasteiger partial charge in [0, 0.05) is 13.6 Å². The number of amides is 2. The summed E-state index contributed by atoms with van der Waals surface area (Å²) in [5.74, 6) is 0.0970. The molecule has 0 aromatic heterocycles. The Morgan fingerprint density at radius 1 is 0.788 bits per heavy atom. The van der Waals surface area contributed by atoms with Gasteiger partial charge in [-0.3, -0.25) is 9.59 Å². The van der Waals surface area contributed by atoms with E-state index in [9.17, 15) is 9.59 Å². The van der Waals surface area contributed by atoms with Crippen LogP contribution in [-0.4, -0.2) is 30.4 Å². The fourth-order valence-corrected chi connectivity index (χ4v) is 4.07. The number of anilines is 1. The minimum atomic E-state index is -0.316. The second-order valence-corrected chi connectivity index (χ2v) is 7.99. The van der Waals surface area contributed by atoms with Crippen LogP contribution >= 0.6 is 0 Å². The Labute approximate surface area is 194 Å². The normalized spacial score (nSPS) is 13.6. The van der Waals surface area contributed by atoms with Gasteiger partial charge in [0.1, 0.15) is 11.4 Å². The molecule has 33 heavy (non-hydrogen) atoms. The molecule has 1 aliphatic heterocycles. The Kier molecular flexibility index (Phi) is 6.59. The summed E-state index contributed by atoms with van der Waals surface area (Å²) in [6.45, 7) is 5.07.